The molecule has 0 radical (unpaired) electrons. The van der Waals surface area contributed by atoms with Crippen molar-refractivity contribution >= 4 is 11.8 Å². The number of likely N-dealkylation sites (N-methyl/N-ethyl adjacent to an activating group) is 1. The Morgan fingerprint density at radius 1 is 1.29 bits per heavy atom. The zero-order valence-corrected chi connectivity index (χ0v) is 14.4. The summed E-state index contributed by atoms with van der Waals surface area (Å²) >= 11 is 2.06. The first-order chi connectivity index (χ1) is 10.1. The third-order valence-corrected chi connectivity index (χ3v) is 5.80. The molecule has 1 saturated carbocycles. The van der Waals surface area contributed by atoms with Crippen molar-refractivity contribution < 1.29 is 5.11 Å². The van der Waals surface area contributed by atoms with Crippen molar-refractivity contribution in [3.05, 3.63) is 34.9 Å². The van der Waals surface area contributed by atoms with Crippen molar-refractivity contribution in [3.8, 4) is 0 Å². The zero-order chi connectivity index (χ0) is 15.3. The van der Waals surface area contributed by atoms with Crippen LogP contribution < -0.4 is 5.32 Å². The van der Waals surface area contributed by atoms with E-state index in [4.69, 9.17) is 0 Å². The highest BCUT2D eigenvalue weighted by Crippen LogP contribution is 2.36. The fourth-order valence-electron chi connectivity index (χ4n) is 3.55. The quantitative estimate of drug-likeness (QED) is 0.838. The van der Waals surface area contributed by atoms with Crippen LogP contribution in [-0.4, -0.2) is 29.0 Å². The summed E-state index contributed by atoms with van der Waals surface area (Å²) in [6, 6.07) is 6.83. The molecule has 0 aliphatic heterocycles. The number of hydrogen-bond acceptors (Lipinski definition) is 3. The highest BCUT2D eigenvalue weighted by molar-refractivity contribution is 7.99. The molecule has 118 valence electrons. The Balaban J connectivity index is 1.93. The van der Waals surface area contributed by atoms with Crippen LogP contribution in [0.1, 0.15) is 49.3 Å². The molecule has 2 rings (SSSR count). The van der Waals surface area contributed by atoms with Crippen LogP contribution in [0.5, 0.6) is 0 Å². The maximum Gasteiger partial charge on any atom is 0.0613 e. The zero-order valence-electron chi connectivity index (χ0n) is 13.6. The van der Waals surface area contributed by atoms with Gasteiger partial charge in [-0.2, -0.15) is 11.8 Å². The van der Waals surface area contributed by atoms with Gasteiger partial charge in [0.05, 0.1) is 6.61 Å². The average Bonchev–Trinajstić information content (AvgIpc) is 2.45. The molecule has 21 heavy (non-hydrogen) atoms. The first-order valence-corrected chi connectivity index (χ1v) is 9.16. The van der Waals surface area contributed by atoms with Gasteiger partial charge in [0.15, 0.2) is 0 Å². The molecule has 2 N–H and O–H groups in total. The molecule has 0 heterocycles. The average molecular weight is 308 g/mol. The van der Waals surface area contributed by atoms with E-state index >= 15 is 0 Å². The van der Waals surface area contributed by atoms with Gasteiger partial charge in [0, 0.05) is 16.5 Å². The predicted octanol–water partition coefficient (Wildman–Crippen LogP) is 3.82. The van der Waals surface area contributed by atoms with Gasteiger partial charge in [0.1, 0.15) is 0 Å². The fourth-order valence-corrected chi connectivity index (χ4v) is 4.92. The smallest absolute Gasteiger partial charge is 0.0613 e. The van der Waals surface area contributed by atoms with Crippen molar-refractivity contribution in [1.82, 2.24) is 5.32 Å². The summed E-state index contributed by atoms with van der Waals surface area (Å²) in [5, 5.41) is 14.0. The normalized spacial score (nSPS) is 26.0. The fraction of sp³-hybridized carbons (Fsp3) is 0.667. The van der Waals surface area contributed by atoms with Gasteiger partial charge in [-0.3, -0.25) is 0 Å². The minimum absolute atomic E-state index is 0.0345. The molecule has 2 atom stereocenters. The second kappa shape index (κ2) is 7.66. The topological polar surface area (TPSA) is 32.3 Å². The molecule has 0 bridgehead atoms. The maximum absolute atomic E-state index is 9.78. The van der Waals surface area contributed by atoms with Crippen LogP contribution in [0.3, 0.4) is 0 Å². The molecule has 0 amide bonds. The number of hydrogen-bond donors (Lipinski definition) is 2. The number of aliphatic hydroxyl groups is 1. The van der Waals surface area contributed by atoms with Crippen LogP contribution in [0.15, 0.2) is 18.2 Å². The number of aryl methyl sites for hydroxylation is 2. The van der Waals surface area contributed by atoms with Gasteiger partial charge in [-0.05, 0) is 45.2 Å². The van der Waals surface area contributed by atoms with Crippen LogP contribution in [0.2, 0.25) is 0 Å². The molecule has 1 fully saturated rings. The third-order valence-electron chi connectivity index (χ3n) is 4.42. The summed E-state index contributed by atoms with van der Waals surface area (Å²) in [6.45, 7) is 7.67. The Hall–Kier alpha value is -0.510. The lowest BCUT2D eigenvalue weighted by Gasteiger charge is -2.40. The molecule has 1 aliphatic carbocycles. The van der Waals surface area contributed by atoms with Gasteiger partial charge < -0.3 is 10.4 Å². The minimum Gasteiger partial charge on any atom is -0.394 e. The summed E-state index contributed by atoms with van der Waals surface area (Å²) < 4.78 is 0. The van der Waals surface area contributed by atoms with Crippen LogP contribution in [0.25, 0.3) is 0 Å². The second-order valence-electron chi connectivity index (χ2n) is 6.49. The molecule has 2 unspecified atom stereocenters. The second-order valence-corrected chi connectivity index (χ2v) is 7.78. The summed E-state index contributed by atoms with van der Waals surface area (Å²) in [5.74, 6) is 1.08. The molecule has 1 aromatic carbocycles. The summed E-state index contributed by atoms with van der Waals surface area (Å²) in [5.41, 5.74) is 4.10. The third kappa shape index (κ3) is 4.73. The monoisotopic (exact) mass is 307 g/mol. The largest absolute Gasteiger partial charge is 0.394 e. The van der Waals surface area contributed by atoms with Gasteiger partial charge >= 0.3 is 0 Å². The summed E-state index contributed by atoms with van der Waals surface area (Å²) in [6.07, 6.45) is 4.70. The SMILES string of the molecule is CCNC1(CO)CCCC(SCc2cc(C)cc(C)c2)C1. The molecule has 1 aliphatic rings. The molecule has 0 saturated heterocycles. The van der Waals surface area contributed by atoms with Gasteiger partial charge in [0.2, 0.25) is 0 Å². The van der Waals surface area contributed by atoms with Gasteiger partial charge in [-0.1, -0.05) is 42.7 Å². The standard InChI is InChI=1S/C18H29NOS/c1-4-19-18(13-20)7-5-6-17(11-18)21-12-16-9-14(2)8-15(3)10-16/h8-10,17,19-20H,4-7,11-13H2,1-3H3. The Morgan fingerprint density at radius 3 is 2.62 bits per heavy atom. The Labute approximate surface area is 133 Å². The lowest BCUT2D eigenvalue weighted by molar-refractivity contribution is 0.125. The van der Waals surface area contributed by atoms with Crippen LogP contribution in [0.4, 0.5) is 0 Å². The molecule has 2 nitrogen and oxygen atoms in total. The predicted molar refractivity (Wildman–Crippen MR) is 93.0 cm³/mol. The van der Waals surface area contributed by atoms with Crippen molar-refractivity contribution in [1.29, 1.82) is 0 Å². The molecular formula is C18H29NOS. The summed E-state index contributed by atoms with van der Waals surface area (Å²) in [4.78, 5) is 0. The molecular weight excluding hydrogens is 278 g/mol. The number of rotatable bonds is 6. The molecule has 1 aromatic rings. The first-order valence-electron chi connectivity index (χ1n) is 8.11. The number of thioether (sulfide) groups is 1. The maximum atomic E-state index is 9.78. The number of benzene rings is 1. The Bertz CT molecular complexity index is 438. The van der Waals surface area contributed by atoms with Crippen molar-refractivity contribution in [2.75, 3.05) is 13.2 Å². The Kier molecular flexibility index (Phi) is 6.15. The Morgan fingerprint density at radius 2 is 2.00 bits per heavy atom. The lowest BCUT2D eigenvalue weighted by atomic mass is 9.82. The van der Waals surface area contributed by atoms with E-state index in [1.807, 2.05) is 0 Å². The first kappa shape index (κ1) is 16.9. The van der Waals surface area contributed by atoms with E-state index in [9.17, 15) is 5.11 Å². The minimum atomic E-state index is -0.0345. The van der Waals surface area contributed by atoms with Gasteiger partial charge in [-0.25, -0.2) is 0 Å². The molecule has 3 heteroatoms. The van der Waals surface area contributed by atoms with Crippen LogP contribution >= 0.6 is 11.8 Å². The lowest BCUT2D eigenvalue weighted by Crippen LogP contribution is -2.52. The summed E-state index contributed by atoms with van der Waals surface area (Å²) in [7, 11) is 0. The van der Waals surface area contributed by atoms with E-state index in [-0.39, 0.29) is 12.1 Å². The highest BCUT2D eigenvalue weighted by atomic mass is 32.2. The number of aliphatic hydroxyl groups excluding tert-OH is 1. The van der Waals surface area contributed by atoms with Gasteiger partial charge in [0.25, 0.3) is 0 Å². The van der Waals surface area contributed by atoms with E-state index in [1.165, 1.54) is 29.5 Å². The van der Waals surface area contributed by atoms with Crippen molar-refractivity contribution in [2.45, 2.75) is 63.0 Å². The number of nitrogens with one attached hydrogen (secondary N) is 1. The van der Waals surface area contributed by atoms with E-state index in [0.717, 1.165) is 25.1 Å². The van der Waals surface area contributed by atoms with Crippen molar-refractivity contribution in [3.63, 3.8) is 0 Å². The highest BCUT2D eigenvalue weighted by Gasteiger charge is 2.35. The van der Waals surface area contributed by atoms with Gasteiger partial charge in [-0.15, -0.1) is 0 Å². The molecule has 0 spiro atoms. The van der Waals surface area contributed by atoms with E-state index in [2.05, 4.69) is 56.0 Å². The molecule has 0 aromatic heterocycles. The van der Waals surface area contributed by atoms with Crippen LogP contribution in [0, 0.1) is 13.8 Å². The van der Waals surface area contributed by atoms with E-state index in [1.54, 1.807) is 0 Å². The van der Waals surface area contributed by atoms with Crippen molar-refractivity contribution in [2.24, 2.45) is 0 Å². The van der Waals surface area contributed by atoms with E-state index < -0.39 is 0 Å². The van der Waals surface area contributed by atoms with E-state index in [0.29, 0.717) is 5.25 Å². The van der Waals surface area contributed by atoms with Crippen LogP contribution in [-0.2, 0) is 5.75 Å².